The van der Waals surface area contributed by atoms with E-state index in [4.69, 9.17) is 0 Å². The molecule has 2 atom stereocenters. The number of rotatable bonds is 2. The van der Waals surface area contributed by atoms with Crippen molar-refractivity contribution >= 4 is 5.78 Å². The van der Waals surface area contributed by atoms with Crippen molar-refractivity contribution in [3.05, 3.63) is 35.9 Å². The Bertz CT molecular complexity index is 409. The second-order valence-electron chi connectivity index (χ2n) is 6.64. The summed E-state index contributed by atoms with van der Waals surface area (Å²) in [6, 6.07) is 10.6. The molecule has 0 amide bonds. The maximum atomic E-state index is 12.6. The molecule has 1 nitrogen and oxygen atoms in total. The smallest absolute Gasteiger partial charge is 0.136 e. The summed E-state index contributed by atoms with van der Waals surface area (Å²) in [5.74, 6) is 1.10. The van der Waals surface area contributed by atoms with Gasteiger partial charge in [-0.3, -0.25) is 4.79 Å². The zero-order chi connectivity index (χ0) is 14.9. The fraction of sp³-hybridized carbons (Fsp3) is 0.650. The molecule has 1 aromatic carbocycles. The molecular weight excluding hydrogens is 256 g/mol. The first-order valence-corrected chi connectivity index (χ1v) is 8.86. The zero-order valence-corrected chi connectivity index (χ0v) is 13.5. The normalized spacial score (nSPS) is 23.9. The molecule has 1 aliphatic carbocycles. The molecule has 0 saturated heterocycles. The summed E-state index contributed by atoms with van der Waals surface area (Å²) in [7, 11) is 0. The van der Waals surface area contributed by atoms with Crippen LogP contribution in [0.5, 0.6) is 0 Å². The molecule has 0 radical (unpaired) electrons. The van der Waals surface area contributed by atoms with Gasteiger partial charge >= 0.3 is 0 Å². The molecule has 0 heterocycles. The summed E-state index contributed by atoms with van der Waals surface area (Å²) in [6.07, 6.45) is 12.1. The molecule has 21 heavy (non-hydrogen) atoms. The molecule has 1 fully saturated rings. The summed E-state index contributed by atoms with van der Waals surface area (Å²) in [6.45, 7) is 2.24. The van der Waals surface area contributed by atoms with Gasteiger partial charge < -0.3 is 0 Å². The fourth-order valence-corrected chi connectivity index (χ4v) is 3.59. The van der Waals surface area contributed by atoms with Crippen LogP contribution >= 0.6 is 0 Å². The van der Waals surface area contributed by atoms with E-state index in [0.717, 1.165) is 19.3 Å². The minimum atomic E-state index is 0.229. The van der Waals surface area contributed by atoms with Crippen LogP contribution in [-0.4, -0.2) is 5.78 Å². The summed E-state index contributed by atoms with van der Waals surface area (Å²) in [4.78, 5) is 12.6. The molecule has 1 aromatic rings. The number of benzene rings is 1. The molecule has 2 rings (SSSR count). The van der Waals surface area contributed by atoms with Gasteiger partial charge in [0.2, 0.25) is 0 Å². The predicted molar refractivity (Wildman–Crippen MR) is 89.5 cm³/mol. The Morgan fingerprint density at radius 1 is 0.857 bits per heavy atom. The maximum Gasteiger partial charge on any atom is 0.136 e. The van der Waals surface area contributed by atoms with E-state index in [1.165, 1.54) is 50.5 Å². The van der Waals surface area contributed by atoms with Crippen LogP contribution in [-0.2, 0) is 4.79 Å². The molecule has 0 aromatic heterocycles. The Morgan fingerprint density at radius 2 is 1.43 bits per heavy atom. The van der Waals surface area contributed by atoms with Gasteiger partial charge in [-0.15, -0.1) is 0 Å². The number of carbonyl (C=O) groups excluding carboxylic acids is 1. The van der Waals surface area contributed by atoms with E-state index < -0.39 is 0 Å². The number of hydrogen-bond donors (Lipinski definition) is 0. The standard InChI is InChI=1S/C20H30O/c1-17(18-13-9-8-10-14-18)19-15-11-6-4-2-3-5-7-12-16-20(19)21/h8-10,13-14,17,19H,2-7,11-12,15-16H2,1H3/t17-,19+/m0/s1. The van der Waals surface area contributed by atoms with Crippen LogP contribution in [0.2, 0.25) is 0 Å². The molecule has 1 saturated carbocycles. The molecule has 1 heteroatoms. The lowest BCUT2D eigenvalue weighted by molar-refractivity contribution is -0.123. The van der Waals surface area contributed by atoms with Crippen molar-refractivity contribution in [2.75, 3.05) is 0 Å². The average Bonchev–Trinajstić information content (AvgIpc) is 2.51. The van der Waals surface area contributed by atoms with Crippen LogP contribution in [0.4, 0.5) is 0 Å². The molecule has 0 spiro atoms. The van der Waals surface area contributed by atoms with Gasteiger partial charge in [0.25, 0.3) is 0 Å². The minimum Gasteiger partial charge on any atom is -0.299 e. The zero-order valence-electron chi connectivity index (χ0n) is 13.5. The van der Waals surface area contributed by atoms with Gasteiger partial charge in [-0.25, -0.2) is 0 Å². The van der Waals surface area contributed by atoms with Crippen molar-refractivity contribution in [2.24, 2.45) is 5.92 Å². The van der Waals surface area contributed by atoms with Crippen molar-refractivity contribution in [3.8, 4) is 0 Å². The highest BCUT2D eigenvalue weighted by atomic mass is 16.1. The van der Waals surface area contributed by atoms with E-state index in [1.807, 2.05) is 0 Å². The molecule has 1 aliphatic rings. The third-order valence-electron chi connectivity index (χ3n) is 5.03. The van der Waals surface area contributed by atoms with Gasteiger partial charge in [0.1, 0.15) is 5.78 Å². The van der Waals surface area contributed by atoms with Crippen LogP contribution in [0, 0.1) is 5.92 Å². The van der Waals surface area contributed by atoms with E-state index in [9.17, 15) is 4.79 Å². The molecule has 0 aliphatic heterocycles. The molecule has 116 valence electrons. The van der Waals surface area contributed by atoms with E-state index in [1.54, 1.807) is 0 Å². The third kappa shape index (κ3) is 5.30. The van der Waals surface area contributed by atoms with Gasteiger partial charge in [0, 0.05) is 12.3 Å². The minimum absolute atomic E-state index is 0.229. The number of hydrogen-bond acceptors (Lipinski definition) is 1. The number of ketones is 1. The van der Waals surface area contributed by atoms with Crippen LogP contribution in [0.3, 0.4) is 0 Å². The Hall–Kier alpha value is -1.11. The summed E-state index contributed by atoms with van der Waals surface area (Å²) >= 11 is 0. The highest BCUT2D eigenvalue weighted by molar-refractivity contribution is 5.81. The van der Waals surface area contributed by atoms with Gasteiger partial charge in [-0.2, -0.15) is 0 Å². The van der Waals surface area contributed by atoms with E-state index in [0.29, 0.717) is 11.7 Å². The highest BCUT2D eigenvalue weighted by Gasteiger charge is 2.25. The Labute approximate surface area is 130 Å². The van der Waals surface area contributed by atoms with Gasteiger partial charge in [0.05, 0.1) is 0 Å². The summed E-state index contributed by atoms with van der Waals surface area (Å²) in [5.41, 5.74) is 1.32. The fourth-order valence-electron chi connectivity index (χ4n) is 3.59. The largest absolute Gasteiger partial charge is 0.299 e. The summed E-state index contributed by atoms with van der Waals surface area (Å²) < 4.78 is 0. The topological polar surface area (TPSA) is 17.1 Å². The quantitative estimate of drug-likeness (QED) is 0.662. The average molecular weight is 286 g/mol. The SMILES string of the molecule is C[C@@H](c1ccccc1)[C@H]1CCCCCCCCCCC1=O. The predicted octanol–water partition coefficient (Wildman–Crippen LogP) is 5.89. The first-order valence-electron chi connectivity index (χ1n) is 8.86. The number of carbonyl (C=O) groups is 1. The van der Waals surface area contributed by atoms with Crippen LogP contribution < -0.4 is 0 Å². The van der Waals surface area contributed by atoms with Crippen LogP contribution in [0.15, 0.2) is 30.3 Å². The monoisotopic (exact) mass is 286 g/mol. The highest BCUT2D eigenvalue weighted by Crippen LogP contribution is 2.31. The van der Waals surface area contributed by atoms with Crippen molar-refractivity contribution in [1.29, 1.82) is 0 Å². The Kier molecular flexibility index (Phi) is 6.99. The third-order valence-corrected chi connectivity index (χ3v) is 5.03. The lowest BCUT2D eigenvalue weighted by Gasteiger charge is -2.24. The summed E-state index contributed by atoms with van der Waals surface area (Å²) in [5, 5.41) is 0. The van der Waals surface area contributed by atoms with E-state index in [2.05, 4.69) is 37.3 Å². The molecule has 0 bridgehead atoms. The first-order chi connectivity index (χ1) is 10.3. The van der Waals surface area contributed by atoms with Crippen molar-refractivity contribution in [2.45, 2.75) is 77.0 Å². The lowest BCUT2D eigenvalue weighted by Crippen LogP contribution is -2.21. The van der Waals surface area contributed by atoms with Crippen molar-refractivity contribution < 1.29 is 4.79 Å². The Morgan fingerprint density at radius 3 is 2.10 bits per heavy atom. The molecule has 0 unspecified atom stereocenters. The Balaban J connectivity index is 2.02. The maximum absolute atomic E-state index is 12.6. The van der Waals surface area contributed by atoms with E-state index >= 15 is 0 Å². The van der Waals surface area contributed by atoms with Gasteiger partial charge in [0.15, 0.2) is 0 Å². The second kappa shape index (κ2) is 9.02. The first kappa shape index (κ1) is 16.3. The van der Waals surface area contributed by atoms with E-state index in [-0.39, 0.29) is 5.92 Å². The molecular formula is C20H30O. The van der Waals surface area contributed by atoms with Crippen molar-refractivity contribution in [1.82, 2.24) is 0 Å². The van der Waals surface area contributed by atoms with Crippen LogP contribution in [0.1, 0.15) is 82.6 Å². The van der Waals surface area contributed by atoms with Crippen molar-refractivity contribution in [3.63, 3.8) is 0 Å². The lowest BCUT2D eigenvalue weighted by atomic mass is 9.79. The number of Topliss-reactive ketones (excluding diaryl/α,β-unsaturated/α-hetero) is 1. The molecule has 0 N–H and O–H groups in total. The van der Waals surface area contributed by atoms with Crippen LogP contribution in [0.25, 0.3) is 0 Å². The second-order valence-corrected chi connectivity index (χ2v) is 6.64. The van der Waals surface area contributed by atoms with Gasteiger partial charge in [-0.05, 0) is 24.3 Å². The van der Waals surface area contributed by atoms with Gasteiger partial charge in [-0.1, -0.05) is 82.2 Å².